The molecule has 0 saturated heterocycles. The Kier molecular flexibility index (Phi) is 4.35. The summed E-state index contributed by atoms with van der Waals surface area (Å²) in [6, 6.07) is 5.78. The summed E-state index contributed by atoms with van der Waals surface area (Å²) in [7, 11) is 1.60. The van der Waals surface area contributed by atoms with E-state index >= 15 is 0 Å². The minimum Gasteiger partial charge on any atom is -0.493 e. The van der Waals surface area contributed by atoms with Gasteiger partial charge in [0.25, 0.3) is 0 Å². The van der Waals surface area contributed by atoms with Gasteiger partial charge in [-0.05, 0) is 30.5 Å². The first-order chi connectivity index (χ1) is 7.54. The molecule has 0 aliphatic carbocycles. The fourth-order valence-electron chi connectivity index (χ4n) is 1.34. The van der Waals surface area contributed by atoms with E-state index in [1.807, 2.05) is 18.2 Å². The minimum atomic E-state index is -0.00464. The van der Waals surface area contributed by atoms with Crippen LogP contribution in [0.15, 0.2) is 18.2 Å². The molecular formula is C13H18O3. The number of carbonyl (C=O) groups excluding carboxylic acids is 1. The number of ether oxygens (including phenoxy) is 2. The fourth-order valence-corrected chi connectivity index (χ4v) is 1.34. The van der Waals surface area contributed by atoms with E-state index in [1.54, 1.807) is 7.11 Å². The summed E-state index contributed by atoms with van der Waals surface area (Å²) in [4.78, 5) is 10.8. The van der Waals surface area contributed by atoms with Crippen LogP contribution in [0.4, 0.5) is 0 Å². The van der Waals surface area contributed by atoms with Gasteiger partial charge in [0.1, 0.15) is 6.61 Å². The van der Waals surface area contributed by atoms with Crippen LogP contribution < -0.4 is 9.47 Å². The van der Waals surface area contributed by atoms with Crippen LogP contribution in [0.3, 0.4) is 0 Å². The highest BCUT2D eigenvalue weighted by Crippen LogP contribution is 2.30. The summed E-state index contributed by atoms with van der Waals surface area (Å²) >= 11 is 0. The SMILES string of the molecule is COc1cc(C(C)C)ccc1OCC(C)=O. The van der Waals surface area contributed by atoms with E-state index in [1.165, 1.54) is 12.5 Å². The van der Waals surface area contributed by atoms with Crippen LogP contribution in [-0.2, 0) is 4.79 Å². The van der Waals surface area contributed by atoms with Crippen molar-refractivity contribution in [3.63, 3.8) is 0 Å². The van der Waals surface area contributed by atoms with Crippen molar-refractivity contribution in [3.8, 4) is 11.5 Å². The summed E-state index contributed by atoms with van der Waals surface area (Å²) in [6.45, 7) is 5.81. The average molecular weight is 222 g/mol. The lowest BCUT2D eigenvalue weighted by Gasteiger charge is -2.12. The van der Waals surface area contributed by atoms with Crippen molar-refractivity contribution < 1.29 is 14.3 Å². The number of Topliss-reactive ketones (excluding diaryl/α,β-unsaturated/α-hetero) is 1. The Bertz CT molecular complexity index is 369. The zero-order valence-electron chi connectivity index (χ0n) is 10.2. The molecule has 0 fully saturated rings. The summed E-state index contributed by atoms with van der Waals surface area (Å²) in [5.74, 6) is 1.72. The van der Waals surface area contributed by atoms with Gasteiger partial charge in [0.2, 0.25) is 0 Å². The Morgan fingerprint density at radius 2 is 2.00 bits per heavy atom. The van der Waals surface area contributed by atoms with Gasteiger partial charge in [0, 0.05) is 0 Å². The molecule has 0 aliphatic heterocycles. The third kappa shape index (κ3) is 3.26. The smallest absolute Gasteiger partial charge is 0.167 e. The molecule has 1 aromatic rings. The Balaban J connectivity index is 2.88. The van der Waals surface area contributed by atoms with Crippen LogP contribution in [0.5, 0.6) is 11.5 Å². The molecule has 0 spiro atoms. The largest absolute Gasteiger partial charge is 0.493 e. The van der Waals surface area contributed by atoms with Gasteiger partial charge in [-0.15, -0.1) is 0 Å². The van der Waals surface area contributed by atoms with Crippen molar-refractivity contribution in [1.29, 1.82) is 0 Å². The van der Waals surface area contributed by atoms with Crippen LogP contribution in [0.25, 0.3) is 0 Å². The molecule has 0 unspecified atom stereocenters. The molecule has 1 aromatic carbocycles. The van der Waals surface area contributed by atoms with E-state index < -0.39 is 0 Å². The first kappa shape index (κ1) is 12.6. The Morgan fingerprint density at radius 1 is 1.31 bits per heavy atom. The second kappa shape index (κ2) is 5.54. The molecule has 3 heteroatoms. The lowest BCUT2D eigenvalue weighted by atomic mass is 10.0. The third-order valence-corrected chi connectivity index (χ3v) is 2.29. The maximum absolute atomic E-state index is 10.8. The van der Waals surface area contributed by atoms with Crippen LogP contribution in [0.1, 0.15) is 32.3 Å². The third-order valence-electron chi connectivity index (χ3n) is 2.29. The highest BCUT2D eigenvalue weighted by atomic mass is 16.5. The summed E-state index contributed by atoms with van der Waals surface area (Å²) in [6.07, 6.45) is 0. The van der Waals surface area contributed by atoms with Crippen LogP contribution in [-0.4, -0.2) is 19.5 Å². The summed E-state index contributed by atoms with van der Waals surface area (Å²) in [5.41, 5.74) is 1.19. The zero-order chi connectivity index (χ0) is 12.1. The predicted molar refractivity (Wildman–Crippen MR) is 63.3 cm³/mol. The molecule has 88 valence electrons. The first-order valence-electron chi connectivity index (χ1n) is 5.34. The van der Waals surface area contributed by atoms with Crippen molar-refractivity contribution in [2.75, 3.05) is 13.7 Å². The van der Waals surface area contributed by atoms with E-state index in [2.05, 4.69) is 13.8 Å². The molecule has 0 amide bonds. The Morgan fingerprint density at radius 3 is 2.50 bits per heavy atom. The molecule has 0 heterocycles. The lowest BCUT2D eigenvalue weighted by molar-refractivity contribution is -0.118. The number of benzene rings is 1. The number of methoxy groups -OCH3 is 1. The molecule has 1 rings (SSSR count). The van der Waals surface area contributed by atoms with E-state index in [0.717, 1.165) is 0 Å². The number of ketones is 1. The number of hydrogen-bond donors (Lipinski definition) is 0. The molecule has 0 N–H and O–H groups in total. The van der Waals surface area contributed by atoms with E-state index in [9.17, 15) is 4.79 Å². The molecule has 3 nitrogen and oxygen atoms in total. The molecule has 0 saturated carbocycles. The molecule has 0 atom stereocenters. The van der Waals surface area contributed by atoms with Gasteiger partial charge in [-0.1, -0.05) is 19.9 Å². The van der Waals surface area contributed by atoms with Crippen LogP contribution in [0, 0.1) is 0 Å². The summed E-state index contributed by atoms with van der Waals surface area (Å²) in [5, 5.41) is 0. The maximum atomic E-state index is 10.8. The van der Waals surface area contributed by atoms with Gasteiger partial charge >= 0.3 is 0 Å². The maximum Gasteiger partial charge on any atom is 0.167 e. The van der Waals surface area contributed by atoms with Crippen molar-refractivity contribution in [2.24, 2.45) is 0 Å². The van der Waals surface area contributed by atoms with Crippen molar-refractivity contribution >= 4 is 5.78 Å². The van der Waals surface area contributed by atoms with Crippen LogP contribution in [0.2, 0.25) is 0 Å². The normalized spacial score (nSPS) is 10.3. The van der Waals surface area contributed by atoms with Gasteiger partial charge in [-0.25, -0.2) is 0 Å². The molecule has 0 aliphatic rings. The van der Waals surface area contributed by atoms with E-state index in [-0.39, 0.29) is 12.4 Å². The van der Waals surface area contributed by atoms with Gasteiger partial charge in [0.15, 0.2) is 17.3 Å². The molecule has 0 bridgehead atoms. The highest BCUT2D eigenvalue weighted by molar-refractivity contribution is 5.77. The second-order valence-electron chi connectivity index (χ2n) is 4.06. The first-order valence-corrected chi connectivity index (χ1v) is 5.34. The number of carbonyl (C=O) groups is 1. The van der Waals surface area contributed by atoms with Gasteiger partial charge in [0.05, 0.1) is 7.11 Å². The Labute approximate surface area is 96.4 Å². The fraction of sp³-hybridized carbons (Fsp3) is 0.462. The van der Waals surface area contributed by atoms with Crippen molar-refractivity contribution in [1.82, 2.24) is 0 Å². The molecular weight excluding hydrogens is 204 g/mol. The number of hydrogen-bond acceptors (Lipinski definition) is 3. The standard InChI is InChI=1S/C13H18O3/c1-9(2)11-5-6-12(13(7-11)15-4)16-8-10(3)14/h5-7,9H,8H2,1-4H3. The predicted octanol–water partition coefficient (Wildman–Crippen LogP) is 2.79. The van der Waals surface area contributed by atoms with E-state index in [0.29, 0.717) is 17.4 Å². The van der Waals surface area contributed by atoms with Gasteiger partial charge < -0.3 is 9.47 Å². The quantitative estimate of drug-likeness (QED) is 0.768. The average Bonchev–Trinajstić information content (AvgIpc) is 2.25. The topological polar surface area (TPSA) is 35.5 Å². The zero-order valence-corrected chi connectivity index (χ0v) is 10.2. The van der Waals surface area contributed by atoms with E-state index in [4.69, 9.17) is 9.47 Å². The molecule has 16 heavy (non-hydrogen) atoms. The monoisotopic (exact) mass is 222 g/mol. The number of rotatable bonds is 5. The second-order valence-corrected chi connectivity index (χ2v) is 4.06. The lowest BCUT2D eigenvalue weighted by Crippen LogP contribution is -2.07. The van der Waals surface area contributed by atoms with Crippen molar-refractivity contribution in [2.45, 2.75) is 26.7 Å². The minimum absolute atomic E-state index is 0.00464. The van der Waals surface area contributed by atoms with Crippen LogP contribution >= 0.6 is 0 Å². The van der Waals surface area contributed by atoms with Crippen molar-refractivity contribution in [3.05, 3.63) is 23.8 Å². The van der Waals surface area contributed by atoms with Gasteiger partial charge in [-0.3, -0.25) is 4.79 Å². The molecule has 0 radical (unpaired) electrons. The molecule has 0 aromatic heterocycles. The Hall–Kier alpha value is -1.51. The summed E-state index contributed by atoms with van der Waals surface area (Å²) < 4.78 is 10.6. The highest BCUT2D eigenvalue weighted by Gasteiger charge is 2.08. The van der Waals surface area contributed by atoms with Gasteiger partial charge in [-0.2, -0.15) is 0 Å².